The van der Waals surface area contributed by atoms with Crippen molar-refractivity contribution in [1.29, 1.82) is 0 Å². The highest BCUT2D eigenvalue weighted by Crippen LogP contribution is 2.12. The molecule has 0 bridgehead atoms. The number of hydrogen-bond donors (Lipinski definition) is 1. The number of piperazine rings is 1. The van der Waals surface area contributed by atoms with Crippen LogP contribution in [0.3, 0.4) is 0 Å². The first-order valence-corrected chi connectivity index (χ1v) is 6.23. The third-order valence-corrected chi connectivity index (χ3v) is 3.03. The molecule has 1 amide bonds. The smallest absolute Gasteiger partial charge is 0.289 e. The van der Waals surface area contributed by atoms with Gasteiger partial charge in [-0.2, -0.15) is 0 Å². The third kappa shape index (κ3) is 3.09. The van der Waals surface area contributed by atoms with Crippen molar-refractivity contribution in [1.82, 2.24) is 10.2 Å². The van der Waals surface area contributed by atoms with Crippen LogP contribution in [0.15, 0.2) is 22.8 Å². The first-order chi connectivity index (χ1) is 8.16. The Balaban J connectivity index is 1.95. The molecular formula is C13H20N2O2. The van der Waals surface area contributed by atoms with E-state index in [9.17, 15) is 4.79 Å². The van der Waals surface area contributed by atoms with E-state index in [1.54, 1.807) is 18.4 Å². The van der Waals surface area contributed by atoms with Crippen LogP contribution >= 0.6 is 0 Å². The molecule has 2 rings (SSSR count). The van der Waals surface area contributed by atoms with E-state index in [4.69, 9.17) is 4.42 Å². The van der Waals surface area contributed by atoms with Gasteiger partial charge in [0.15, 0.2) is 5.76 Å². The molecule has 1 atom stereocenters. The molecule has 0 saturated carbocycles. The number of amides is 1. The van der Waals surface area contributed by atoms with Gasteiger partial charge in [-0.1, -0.05) is 13.8 Å². The summed E-state index contributed by atoms with van der Waals surface area (Å²) < 4.78 is 5.15. The van der Waals surface area contributed by atoms with Crippen LogP contribution in [0, 0.1) is 5.92 Å². The molecule has 1 fully saturated rings. The molecule has 0 radical (unpaired) electrons. The van der Waals surface area contributed by atoms with E-state index >= 15 is 0 Å². The van der Waals surface area contributed by atoms with Crippen LogP contribution in [0.2, 0.25) is 0 Å². The zero-order valence-corrected chi connectivity index (χ0v) is 10.5. The lowest BCUT2D eigenvalue weighted by Crippen LogP contribution is -2.52. The summed E-state index contributed by atoms with van der Waals surface area (Å²) in [7, 11) is 0. The number of nitrogens with one attached hydrogen (secondary N) is 1. The molecule has 0 spiro atoms. The molecule has 1 saturated heterocycles. The highest BCUT2D eigenvalue weighted by Gasteiger charge is 2.25. The normalized spacial score (nSPS) is 20.9. The van der Waals surface area contributed by atoms with Gasteiger partial charge < -0.3 is 14.6 Å². The fourth-order valence-electron chi connectivity index (χ4n) is 2.29. The van der Waals surface area contributed by atoms with Crippen molar-refractivity contribution in [2.45, 2.75) is 26.3 Å². The van der Waals surface area contributed by atoms with E-state index in [1.807, 2.05) is 4.90 Å². The fourth-order valence-corrected chi connectivity index (χ4v) is 2.29. The highest BCUT2D eigenvalue weighted by molar-refractivity contribution is 5.91. The number of hydrogen-bond acceptors (Lipinski definition) is 3. The Hall–Kier alpha value is -1.29. The summed E-state index contributed by atoms with van der Waals surface area (Å²) in [5, 5.41) is 3.46. The standard InChI is InChI=1S/C13H20N2O2/c1-10(2)8-11-9-15(6-5-14-11)13(16)12-4-3-7-17-12/h3-4,7,10-11,14H,5-6,8-9H2,1-2H3. The van der Waals surface area contributed by atoms with Gasteiger partial charge in [-0.05, 0) is 24.5 Å². The summed E-state index contributed by atoms with van der Waals surface area (Å²) >= 11 is 0. The quantitative estimate of drug-likeness (QED) is 0.869. The Morgan fingerprint density at radius 1 is 1.65 bits per heavy atom. The maximum Gasteiger partial charge on any atom is 0.289 e. The first kappa shape index (κ1) is 12.2. The van der Waals surface area contributed by atoms with Crippen molar-refractivity contribution in [3.63, 3.8) is 0 Å². The topological polar surface area (TPSA) is 45.5 Å². The minimum Gasteiger partial charge on any atom is -0.459 e. The number of furan rings is 1. The Morgan fingerprint density at radius 2 is 2.47 bits per heavy atom. The second-order valence-corrected chi connectivity index (χ2v) is 5.01. The highest BCUT2D eigenvalue weighted by atomic mass is 16.3. The average Bonchev–Trinajstić information content (AvgIpc) is 2.81. The molecule has 0 aromatic carbocycles. The molecule has 1 aromatic rings. The summed E-state index contributed by atoms with van der Waals surface area (Å²) in [5.41, 5.74) is 0. The summed E-state index contributed by atoms with van der Waals surface area (Å²) in [5.74, 6) is 1.09. The maximum atomic E-state index is 12.1. The first-order valence-electron chi connectivity index (χ1n) is 6.23. The van der Waals surface area contributed by atoms with E-state index in [1.165, 1.54) is 0 Å². The lowest BCUT2D eigenvalue weighted by Gasteiger charge is -2.34. The SMILES string of the molecule is CC(C)CC1CN(C(=O)c2ccco2)CCN1. The summed E-state index contributed by atoms with van der Waals surface area (Å²) in [6.07, 6.45) is 2.64. The van der Waals surface area contributed by atoms with Gasteiger partial charge >= 0.3 is 0 Å². The lowest BCUT2D eigenvalue weighted by atomic mass is 10.0. The summed E-state index contributed by atoms with van der Waals surface area (Å²) in [4.78, 5) is 14.0. The van der Waals surface area contributed by atoms with Gasteiger partial charge in [0.25, 0.3) is 5.91 Å². The molecule has 4 heteroatoms. The van der Waals surface area contributed by atoms with E-state index in [0.717, 1.165) is 26.1 Å². The average molecular weight is 236 g/mol. The Morgan fingerprint density at radius 3 is 3.12 bits per heavy atom. The van der Waals surface area contributed by atoms with E-state index in [-0.39, 0.29) is 5.91 Å². The molecule has 1 N–H and O–H groups in total. The predicted molar refractivity (Wildman–Crippen MR) is 65.9 cm³/mol. The zero-order chi connectivity index (χ0) is 12.3. The number of carbonyl (C=O) groups is 1. The van der Waals surface area contributed by atoms with Crippen LogP contribution in [-0.4, -0.2) is 36.5 Å². The van der Waals surface area contributed by atoms with E-state index < -0.39 is 0 Å². The summed E-state index contributed by atoms with van der Waals surface area (Å²) in [6.45, 7) is 6.81. The van der Waals surface area contributed by atoms with Gasteiger partial charge in [-0.25, -0.2) is 0 Å². The Labute approximate surface area is 102 Å². The predicted octanol–water partition coefficient (Wildman–Crippen LogP) is 1.74. The van der Waals surface area contributed by atoms with Crippen LogP contribution in [0.25, 0.3) is 0 Å². The van der Waals surface area contributed by atoms with Crippen LogP contribution in [-0.2, 0) is 0 Å². The van der Waals surface area contributed by atoms with Crippen LogP contribution in [0.4, 0.5) is 0 Å². The Kier molecular flexibility index (Phi) is 3.84. The van der Waals surface area contributed by atoms with Gasteiger partial charge in [0.2, 0.25) is 0 Å². The summed E-state index contributed by atoms with van der Waals surface area (Å²) in [6, 6.07) is 3.88. The number of nitrogens with zero attached hydrogens (tertiary/aromatic N) is 1. The van der Waals surface area contributed by atoms with Crippen LogP contribution in [0.5, 0.6) is 0 Å². The van der Waals surface area contributed by atoms with E-state index in [2.05, 4.69) is 19.2 Å². The van der Waals surface area contributed by atoms with Crippen molar-refractivity contribution in [3.05, 3.63) is 24.2 Å². The minimum atomic E-state index is 0.00487. The molecule has 94 valence electrons. The van der Waals surface area contributed by atoms with Gasteiger partial charge in [-0.3, -0.25) is 4.79 Å². The molecule has 1 aromatic heterocycles. The molecule has 2 heterocycles. The molecular weight excluding hydrogens is 216 g/mol. The third-order valence-electron chi connectivity index (χ3n) is 3.03. The molecule has 1 unspecified atom stereocenters. The van der Waals surface area contributed by atoms with Crippen molar-refractivity contribution in [2.75, 3.05) is 19.6 Å². The second kappa shape index (κ2) is 5.36. The number of rotatable bonds is 3. The molecule has 0 aliphatic carbocycles. The van der Waals surface area contributed by atoms with E-state index in [0.29, 0.717) is 17.7 Å². The van der Waals surface area contributed by atoms with Crippen molar-refractivity contribution in [3.8, 4) is 0 Å². The largest absolute Gasteiger partial charge is 0.459 e. The van der Waals surface area contributed by atoms with Gasteiger partial charge in [0, 0.05) is 25.7 Å². The molecule has 4 nitrogen and oxygen atoms in total. The van der Waals surface area contributed by atoms with Crippen molar-refractivity contribution < 1.29 is 9.21 Å². The van der Waals surface area contributed by atoms with Gasteiger partial charge in [0.1, 0.15) is 0 Å². The maximum absolute atomic E-state index is 12.1. The van der Waals surface area contributed by atoms with Crippen molar-refractivity contribution >= 4 is 5.91 Å². The molecule has 1 aliphatic heterocycles. The molecule has 1 aliphatic rings. The lowest BCUT2D eigenvalue weighted by molar-refractivity contribution is 0.0662. The minimum absolute atomic E-state index is 0.00487. The number of carbonyl (C=O) groups excluding carboxylic acids is 1. The van der Waals surface area contributed by atoms with Crippen LogP contribution < -0.4 is 5.32 Å². The monoisotopic (exact) mass is 236 g/mol. The van der Waals surface area contributed by atoms with Gasteiger partial charge in [0.05, 0.1) is 6.26 Å². The zero-order valence-electron chi connectivity index (χ0n) is 10.5. The second-order valence-electron chi connectivity index (χ2n) is 5.01. The molecule has 17 heavy (non-hydrogen) atoms. The van der Waals surface area contributed by atoms with Crippen LogP contribution in [0.1, 0.15) is 30.8 Å². The van der Waals surface area contributed by atoms with Gasteiger partial charge in [-0.15, -0.1) is 0 Å². The Bertz CT molecular complexity index is 360. The van der Waals surface area contributed by atoms with Crippen molar-refractivity contribution in [2.24, 2.45) is 5.92 Å². The fraction of sp³-hybridized carbons (Fsp3) is 0.615.